The van der Waals surface area contributed by atoms with Crippen LogP contribution in [0.3, 0.4) is 0 Å². The first kappa shape index (κ1) is 15.8. The molecule has 0 amide bonds. The number of para-hydroxylation sites is 1. The highest BCUT2D eigenvalue weighted by atomic mass is 79.9. The van der Waals surface area contributed by atoms with Crippen molar-refractivity contribution in [3.63, 3.8) is 0 Å². The van der Waals surface area contributed by atoms with Crippen molar-refractivity contribution in [2.75, 3.05) is 20.3 Å². The zero-order valence-electron chi connectivity index (χ0n) is 11.7. The lowest BCUT2D eigenvalue weighted by Gasteiger charge is -2.12. The van der Waals surface area contributed by atoms with Gasteiger partial charge in [0, 0.05) is 16.6 Å². The Morgan fingerprint density at radius 3 is 2.52 bits per heavy atom. The van der Waals surface area contributed by atoms with E-state index in [1.165, 1.54) is 6.07 Å². The first-order valence-electron chi connectivity index (χ1n) is 6.64. The van der Waals surface area contributed by atoms with Crippen LogP contribution in [0.5, 0.6) is 11.5 Å². The van der Waals surface area contributed by atoms with Gasteiger partial charge in [-0.1, -0.05) is 34.1 Å². The minimum atomic E-state index is -0.381. The zero-order valence-corrected chi connectivity index (χ0v) is 13.3. The molecule has 0 unspecified atom stereocenters. The summed E-state index contributed by atoms with van der Waals surface area (Å²) in [6, 6.07) is 12.4. The number of halogens is 2. The van der Waals surface area contributed by atoms with Gasteiger partial charge in [0.25, 0.3) is 0 Å². The molecule has 0 aliphatic rings. The Bertz CT molecular complexity index is 592. The fourth-order valence-corrected chi connectivity index (χ4v) is 2.21. The van der Waals surface area contributed by atoms with Crippen LogP contribution in [0.4, 0.5) is 4.39 Å². The molecule has 0 aromatic heterocycles. The van der Waals surface area contributed by atoms with Gasteiger partial charge in [0.15, 0.2) is 11.6 Å². The molecule has 0 aliphatic carbocycles. The van der Waals surface area contributed by atoms with E-state index in [2.05, 4.69) is 21.2 Å². The van der Waals surface area contributed by atoms with Crippen LogP contribution in [0.15, 0.2) is 46.9 Å². The maximum atomic E-state index is 13.5. The van der Waals surface area contributed by atoms with Gasteiger partial charge in [0.1, 0.15) is 19.0 Å². The molecule has 0 aliphatic heterocycles. The van der Waals surface area contributed by atoms with Gasteiger partial charge < -0.3 is 14.8 Å². The molecule has 1 N–H and O–H groups in total. The molecule has 112 valence electrons. The van der Waals surface area contributed by atoms with Crippen LogP contribution in [0.2, 0.25) is 0 Å². The smallest absolute Gasteiger partial charge is 0.165 e. The normalized spacial score (nSPS) is 10.4. The topological polar surface area (TPSA) is 30.5 Å². The lowest BCUT2D eigenvalue weighted by atomic mass is 10.2. The van der Waals surface area contributed by atoms with Gasteiger partial charge in [-0.2, -0.15) is 0 Å². The Balaban J connectivity index is 1.86. The lowest BCUT2D eigenvalue weighted by molar-refractivity contribution is 0.210. The van der Waals surface area contributed by atoms with Crippen molar-refractivity contribution in [2.45, 2.75) is 6.54 Å². The molecule has 0 saturated heterocycles. The first-order chi connectivity index (χ1) is 10.2. The van der Waals surface area contributed by atoms with E-state index in [4.69, 9.17) is 9.47 Å². The molecule has 0 spiro atoms. The van der Waals surface area contributed by atoms with Gasteiger partial charge in [-0.3, -0.25) is 0 Å². The summed E-state index contributed by atoms with van der Waals surface area (Å²) in [5.41, 5.74) is 1.08. The van der Waals surface area contributed by atoms with E-state index in [-0.39, 0.29) is 18.2 Å². The Morgan fingerprint density at radius 1 is 1.05 bits per heavy atom. The van der Waals surface area contributed by atoms with Crippen LogP contribution in [0.1, 0.15) is 5.56 Å². The summed E-state index contributed by atoms with van der Waals surface area (Å²) in [6.45, 7) is 1.37. The molecule has 2 rings (SSSR count). The van der Waals surface area contributed by atoms with Gasteiger partial charge in [-0.05, 0) is 31.3 Å². The molecule has 0 atom stereocenters. The fraction of sp³-hybridized carbons (Fsp3) is 0.250. The van der Waals surface area contributed by atoms with E-state index in [9.17, 15) is 4.39 Å². The predicted octanol–water partition coefficient (Wildman–Crippen LogP) is 3.77. The van der Waals surface area contributed by atoms with Crippen LogP contribution < -0.4 is 14.8 Å². The summed E-state index contributed by atoms with van der Waals surface area (Å²) in [5.74, 6) is 0.649. The predicted molar refractivity (Wildman–Crippen MR) is 84.3 cm³/mol. The van der Waals surface area contributed by atoms with E-state index < -0.39 is 0 Å². The third-order valence-electron chi connectivity index (χ3n) is 2.83. The van der Waals surface area contributed by atoms with E-state index in [1.54, 1.807) is 12.1 Å². The van der Waals surface area contributed by atoms with Crippen LogP contribution in [0.25, 0.3) is 0 Å². The minimum Gasteiger partial charge on any atom is -0.490 e. The van der Waals surface area contributed by atoms with E-state index in [0.29, 0.717) is 6.61 Å². The van der Waals surface area contributed by atoms with Gasteiger partial charge in [0.2, 0.25) is 0 Å². The van der Waals surface area contributed by atoms with E-state index >= 15 is 0 Å². The summed E-state index contributed by atoms with van der Waals surface area (Å²) in [5, 5.41) is 3.09. The van der Waals surface area contributed by atoms with E-state index in [0.717, 1.165) is 22.3 Å². The van der Waals surface area contributed by atoms with Crippen molar-refractivity contribution in [2.24, 2.45) is 0 Å². The van der Waals surface area contributed by atoms with Crippen molar-refractivity contribution in [3.8, 4) is 11.5 Å². The average Bonchev–Trinajstić information content (AvgIpc) is 2.49. The van der Waals surface area contributed by atoms with Crippen molar-refractivity contribution in [1.82, 2.24) is 5.32 Å². The maximum absolute atomic E-state index is 13.5. The summed E-state index contributed by atoms with van der Waals surface area (Å²) in [4.78, 5) is 0. The van der Waals surface area contributed by atoms with Gasteiger partial charge in [0.05, 0.1) is 0 Å². The molecular formula is C16H17BrFNO2. The molecule has 5 heteroatoms. The zero-order chi connectivity index (χ0) is 15.1. The molecule has 3 nitrogen and oxygen atoms in total. The van der Waals surface area contributed by atoms with E-state index in [1.807, 2.05) is 31.3 Å². The molecule has 0 bridgehead atoms. The van der Waals surface area contributed by atoms with Crippen LogP contribution in [0, 0.1) is 5.82 Å². The Morgan fingerprint density at radius 2 is 1.76 bits per heavy atom. The monoisotopic (exact) mass is 353 g/mol. The number of hydrogen-bond donors (Lipinski definition) is 1. The number of nitrogens with one attached hydrogen (secondary N) is 1. The lowest BCUT2D eigenvalue weighted by Crippen LogP contribution is -2.12. The van der Waals surface area contributed by atoms with Gasteiger partial charge in [-0.15, -0.1) is 0 Å². The fourth-order valence-electron chi connectivity index (χ4n) is 1.87. The molecule has 0 heterocycles. The first-order valence-corrected chi connectivity index (χ1v) is 7.43. The second kappa shape index (κ2) is 8.00. The third kappa shape index (κ3) is 4.72. The molecule has 2 aromatic rings. The highest BCUT2D eigenvalue weighted by Crippen LogP contribution is 2.22. The SMILES string of the molecule is CNCc1ccccc1OCCOc1cc(Br)ccc1F. The third-order valence-corrected chi connectivity index (χ3v) is 3.32. The standard InChI is InChI=1S/C16H17BrFNO2/c1-19-11-12-4-2-3-5-15(12)20-8-9-21-16-10-13(17)6-7-14(16)18/h2-7,10,19H,8-9,11H2,1H3. The highest BCUT2D eigenvalue weighted by molar-refractivity contribution is 9.10. The van der Waals surface area contributed by atoms with Gasteiger partial charge in [-0.25, -0.2) is 4.39 Å². The Kier molecular flexibility index (Phi) is 6.02. The Labute approximate surface area is 132 Å². The second-order valence-corrected chi connectivity index (χ2v) is 5.33. The number of benzene rings is 2. The molecular weight excluding hydrogens is 337 g/mol. The molecule has 0 saturated carbocycles. The van der Waals surface area contributed by atoms with Crippen LogP contribution in [-0.4, -0.2) is 20.3 Å². The van der Waals surface area contributed by atoms with Crippen LogP contribution >= 0.6 is 15.9 Å². The minimum absolute atomic E-state index is 0.219. The molecule has 0 fully saturated rings. The molecule has 21 heavy (non-hydrogen) atoms. The van der Waals surface area contributed by atoms with Crippen molar-refractivity contribution >= 4 is 15.9 Å². The van der Waals surface area contributed by atoms with Crippen molar-refractivity contribution < 1.29 is 13.9 Å². The quantitative estimate of drug-likeness (QED) is 0.768. The molecule has 0 radical (unpaired) electrons. The number of ether oxygens (including phenoxy) is 2. The summed E-state index contributed by atoms with van der Waals surface area (Å²) in [6.07, 6.45) is 0. The van der Waals surface area contributed by atoms with Gasteiger partial charge >= 0.3 is 0 Å². The summed E-state index contributed by atoms with van der Waals surface area (Å²) < 4.78 is 25.3. The summed E-state index contributed by atoms with van der Waals surface area (Å²) in [7, 11) is 1.88. The second-order valence-electron chi connectivity index (χ2n) is 4.41. The van der Waals surface area contributed by atoms with Crippen molar-refractivity contribution in [1.29, 1.82) is 0 Å². The largest absolute Gasteiger partial charge is 0.490 e. The summed E-state index contributed by atoms with van der Waals surface area (Å²) >= 11 is 3.28. The Hall–Kier alpha value is -1.59. The average molecular weight is 354 g/mol. The number of rotatable bonds is 7. The molecule has 2 aromatic carbocycles. The number of hydrogen-bond acceptors (Lipinski definition) is 3. The maximum Gasteiger partial charge on any atom is 0.165 e. The highest BCUT2D eigenvalue weighted by Gasteiger charge is 2.05. The van der Waals surface area contributed by atoms with Crippen LogP contribution in [-0.2, 0) is 6.54 Å². The van der Waals surface area contributed by atoms with Crippen molar-refractivity contribution in [3.05, 3.63) is 58.3 Å².